The van der Waals surface area contributed by atoms with Crippen LogP contribution in [0.4, 0.5) is 4.39 Å². The fraction of sp³-hybridized carbons (Fsp3) is 0.562. The smallest absolute Gasteiger partial charge is 0.125 e. The van der Waals surface area contributed by atoms with Crippen LogP contribution in [0.15, 0.2) is 18.2 Å². The third-order valence-electron chi connectivity index (χ3n) is 4.77. The van der Waals surface area contributed by atoms with Gasteiger partial charge in [-0.3, -0.25) is 0 Å². The molecule has 0 saturated carbocycles. The summed E-state index contributed by atoms with van der Waals surface area (Å²) >= 11 is 0. The third kappa shape index (κ3) is 1.85. The number of benzene rings is 1. The van der Waals surface area contributed by atoms with E-state index in [1.165, 1.54) is 6.07 Å². The predicted molar refractivity (Wildman–Crippen MR) is 79.4 cm³/mol. The van der Waals surface area contributed by atoms with Crippen LogP contribution in [0.1, 0.15) is 33.0 Å². The number of halogens is 1. The van der Waals surface area contributed by atoms with Crippen LogP contribution in [0.2, 0.25) is 0 Å². The van der Waals surface area contributed by atoms with Crippen molar-refractivity contribution in [2.24, 2.45) is 5.92 Å². The SMILES string of the molecule is CCn1c(C2(C(C)C)CCNC2)nc2ccc(F)cc21. The molecular formula is C16H22FN3. The monoisotopic (exact) mass is 275 g/mol. The minimum atomic E-state index is -0.193. The number of fused-ring (bicyclic) bond motifs is 1. The maximum absolute atomic E-state index is 13.5. The van der Waals surface area contributed by atoms with Crippen molar-refractivity contribution in [1.82, 2.24) is 14.9 Å². The number of rotatable bonds is 3. The van der Waals surface area contributed by atoms with Crippen molar-refractivity contribution in [2.75, 3.05) is 13.1 Å². The molecule has 2 aromatic rings. The second-order valence-corrected chi connectivity index (χ2v) is 6.05. The maximum atomic E-state index is 13.5. The van der Waals surface area contributed by atoms with Gasteiger partial charge in [0.25, 0.3) is 0 Å². The fourth-order valence-electron chi connectivity index (χ4n) is 3.45. The van der Waals surface area contributed by atoms with Gasteiger partial charge in [0.05, 0.1) is 11.0 Å². The van der Waals surface area contributed by atoms with Crippen LogP contribution in [0.25, 0.3) is 11.0 Å². The number of aryl methyl sites for hydroxylation is 1. The first-order valence-corrected chi connectivity index (χ1v) is 7.45. The average Bonchev–Trinajstić information content (AvgIpc) is 3.02. The molecule has 1 aliphatic heterocycles. The topological polar surface area (TPSA) is 29.9 Å². The minimum Gasteiger partial charge on any atom is -0.328 e. The van der Waals surface area contributed by atoms with Crippen molar-refractivity contribution in [3.05, 3.63) is 29.8 Å². The van der Waals surface area contributed by atoms with Crippen LogP contribution >= 0.6 is 0 Å². The van der Waals surface area contributed by atoms with E-state index in [2.05, 4.69) is 30.7 Å². The Kier molecular flexibility index (Phi) is 3.28. The molecule has 0 amide bonds. The van der Waals surface area contributed by atoms with Gasteiger partial charge < -0.3 is 9.88 Å². The van der Waals surface area contributed by atoms with Crippen LogP contribution in [0, 0.1) is 11.7 Å². The van der Waals surface area contributed by atoms with Gasteiger partial charge in [-0.05, 0) is 44.0 Å². The van der Waals surface area contributed by atoms with E-state index in [1.807, 2.05) is 0 Å². The van der Waals surface area contributed by atoms with E-state index >= 15 is 0 Å². The van der Waals surface area contributed by atoms with Gasteiger partial charge in [-0.25, -0.2) is 9.37 Å². The van der Waals surface area contributed by atoms with Gasteiger partial charge in [-0.1, -0.05) is 13.8 Å². The molecule has 1 atom stereocenters. The lowest BCUT2D eigenvalue weighted by molar-refractivity contribution is 0.308. The standard InChI is InChI=1S/C16H22FN3/c1-4-20-14-9-12(17)5-6-13(14)19-15(20)16(11(2)3)7-8-18-10-16/h5-6,9,11,18H,4,7-8,10H2,1-3H3. The molecule has 108 valence electrons. The van der Waals surface area contributed by atoms with E-state index in [0.29, 0.717) is 5.92 Å². The normalized spacial score (nSPS) is 23.1. The Bertz CT molecular complexity index is 624. The Balaban J connectivity index is 2.24. The number of hydrogen-bond acceptors (Lipinski definition) is 2. The van der Waals surface area contributed by atoms with Crippen LogP contribution in [0.5, 0.6) is 0 Å². The molecule has 1 fully saturated rings. The lowest BCUT2D eigenvalue weighted by atomic mass is 9.75. The summed E-state index contributed by atoms with van der Waals surface area (Å²) in [7, 11) is 0. The lowest BCUT2D eigenvalue weighted by Gasteiger charge is -2.32. The fourth-order valence-corrected chi connectivity index (χ4v) is 3.45. The van der Waals surface area contributed by atoms with Gasteiger partial charge in [0, 0.05) is 18.5 Å². The number of nitrogens with zero attached hydrogens (tertiary/aromatic N) is 2. The van der Waals surface area contributed by atoms with Crippen molar-refractivity contribution in [3.63, 3.8) is 0 Å². The number of nitrogens with one attached hydrogen (secondary N) is 1. The lowest BCUT2D eigenvalue weighted by Crippen LogP contribution is -2.37. The maximum Gasteiger partial charge on any atom is 0.125 e. The second-order valence-electron chi connectivity index (χ2n) is 6.05. The highest BCUT2D eigenvalue weighted by Gasteiger charge is 2.42. The summed E-state index contributed by atoms with van der Waals surface area (Å²) in [5.74, 6) is 1.42. The Morgan fingerprint density at radius 3 is 2.85 bits per heavy atom. The Morgan fingerprint density at radius 1 is 1.45 bits per heavy atom. The van der Waals surface area contributed by atoms with Crippen molar-refractivity contribution >= 4 is 11.0 Å². The molecule has 0 radical (unpaired) electrons. The zero-order chi connectivity index (χ0) is 14.3. The van der Waals surface area contributed by atoms with E-state index in [0.717, 1.165) is 42.9 Å². The van der Waals surface area contributed by atoms with Gasteiger partial charge >= 0.3 is 0 Å². The van der Waals surface area contributed by atoms with Crippen molar-refractivity contribution in [2.45, 2.75) is 39.2 Å². The molecule has 0 spiro atoms. The second kappa shape index (κ2) is 4.85. The van der Waals surface area contributed by atoms with Gasteiger partial charge in [0.2, 0.25) is 0 Å². The molecule has 3 nitrogen and oxygen atoms in total. The third-order valence-corrected chi connectivity index (χ3v) is 4.77. The van der Waals surface area contributed by atoms with Crippen LogP contribution < -0.4 is 5.32 Å². The van der Waals surface area contributed by atoms with Crippen molar-refractivity contribution in [1.29, 1.82) is 0 Å². The summed E-state index contributed by atoms with van der Waals surface area (Å²) in [6.07, 6.45) is 1.09. The molecule has 20 heavy (non-hydrogen) atoms. The van der Waals surface area contributed by atoms with Crippen LogP contribution in [-0.4, -0.2) is 22.6 Å². The molecule has 3 rings (SSSR count). The van der Waals surface area contributed by atoms with Gasteiger partial charge in [-0.2, -0.15) is 0 Å². The van der Waals surface area contributed by atoms with E-state index in [-0.39, 0.29) is 11.2 Å². The highest BCUT2D eigenvalue weighted by molar-refractivity contribution is 5.76. The van der Waals surface area contributed by atoms with Gasteiger partial charge in [0.1, 0.15) is 11.6 Å². The predicted octanol–water partition coefficient (Wildman–Crippen LogP) is 3.08. The van der Waals surface area contributed by atoms with E-state index in [4.69, 9.17) is 4.98 Å². The summed E-state index contributed by atoms with van der Waals surface area (Å²) < 4.78 is 15.7. The van der Waals surface area contributed by atoms with E-state index in [9.17, 15) is 4.39 Å². The summed E-state index contributed by atoms with van der Waals surface area (Å²) in [5, 5.41) is 3.47. The Labute approximate surface area is 119 Å². The average molecular weight is 275 g/mol. The quantitative estimate of drug-likeness (QED) is 0.933. The molecule has 1 aromatic carbocycles. The van der Waals surface area contributed by atoms with Gasteiger partial charge in [-0.15, -0.1) is 0 Å². The van der Waals surface area contributed by atoms with E-state index < -0.39 is 0 Å². The zero-order valence-electron chi connectivity index (χ0n) is 12.4. The minimum absolute atomic E-state index is 0.0610. The summed E-state index contributed by atoms with van der Waals surface area (Å²) in [6, 6.07) is 4.89. The Hall–Kier alpha value is -1.42. The summed E-state index contributed by atoms with van der Waals surface area (Å²) in [6.45, 7) is 9.42. The zero-order valence-corrected chi connectivity index (χ0v) is 12.4. The molecule has 2 heterocycles. The first-order valence-electron chi connectivity index (χ1n) is 7.45. The van der Waals surface area contributed by atoms with Crippen molar-refractivity contribution in [3.8, 4) is 0 Å². The molecule has 0 aliphatic carbocycles. The number of hydrogen-bond donors (Lipinski definition) is 1. The van der Waals surface area contributed by atoms with Crippen LogP contribution in [0.3, 0.4) is 0 Å². The highest BCUT2D eigenvalue weighted by Crippen LogP contribution is 2.38. The number of imidazole rings is 1. The summed E-state index contributed by atoms with van der Waals surface area (Å²) in [5.41, 5.74) is 1.87. The molecule has 1 saturated heterocycles. The molecule has 0 bridgehead atoms. The van der Waals surface area contributed by atoms with Gasteiger partial charge in [0.15, 0.2) is 0 Å². The van der Waals surface area contributed by atoms with Crippen LogP contribution in [-0.2, 0) is 12.0 Å². The molecule has 1 unspecified atom stereocenters. The van der Waals surface area contributed by atoms with E-state index in [1.54, 1.807) is 12.1 Å². The largest absolute Gasteiger partial charge is 0.328 e. The molecule has 4 heteroatoms. The molecule has 1 aliphatic rings. The first-order chi connectivity index (χ1) is 9.58. The first kappa shape index (κ1) is 13.6. The highest BCUT2D eigenvalue weighted by atomic mass is 19.1. The summed E-state index contributed by atoms with van der Waals surface area (Å²) in [4.78, 5) is 4.86. The molecule has 1 aromatic heterocycles. The Morgan fingerprint density at radius 2 is 2.25 bits per heavy atom. The molecular weight excluding hydrogens is 253 g/mol. The molecule has 1 N–H and O–H groups in total. The van der Waals surface area contributed by atoms with Crippen molar-refractivity contribution < 1.29 is 4.39 Å². The number of aromatic nitrogens is 2.